The molecule has 0 unspecified atom stereocenters. The molecule has 0 saturated heterocycles. The van der Waals surface area contributed by atoms with Gasteiger partial charge in [-0.05, 0) is 50.1 Å². The van der Waals surface area contributed by atoms with Crippen molar-refractivity contribution < 1.29 is 4.74 Å². The molecular weight excluding hydrogens is 281 g/mol. The molecule has 0 spiro atoms. The van der Waals surface area contributed by atoms with Crippen LogP contribution in [0.3, 0.4) is 0 Å². The number of nitrogens with zero attached hydrogens (tertiary/aromatic N) is 1. The molecule has 19 heavy (non-hydrogen) atoms. The van der Waals surface area contributed by atoms with Gasteiger partial charge in [0.2, 0.25) is 5.88 Å². The highest BCUT2D eigenvalue weighted by Gasteiger charge is 2.11. The summed E-state index contributed by atoms with van der Waals surface area (Å²) in [5, 5.41) is 0.636. The minimum Gasteiger partial charge on any atom is -0.438 e. The van der Waals surface area contributed by atoms with E-state index in [0.717, 1.165) is 22.4 Å². The Kier molecular flexibility index (Phi) is 4.33. The van der Waals surface area contributed by atoms with Crippen LogP contribution in [0.15, 0.2) is 24.3 Å². The first-order chi connectivity index (χ1) is 9.01. The molecule has 2 rings (SSSR count). The van der Waals surface area contributed by atoms with Gasteiger partial charge < -0.3 is 4.74 Å². The second kappa shape index (κ2) is 5.81. The Labute approximate surface area is 123 Å². The van der Waals surface area contributed by atoms with E-state index in [4.69, 9.17) is 27.9 Å². The Hall–Kier alpha value is -1.25. The maximum atomic E-state index is 5.99. The molecule has 0 bridgehead atoms. The summed E-state index contributed by atoms with van der Waals surface area (Å²) in [7, 11) is 0. The van der Waals surface area contributed by atoms with Crippen molar-refractivity contribution in [3.63, 3.8) is 0 Å². The van der Waals surface area contributed by atoms with Crippen molar-refractivity contribution in [3.8, 4) is 11.6 Å². The summed E-state index contributed by atoms with van der Waals surface area (Å²) in [5.74, 6) is 1.63. The average Bonchev–Trinajstić information content (AvgIpc) is 2.33. The van der Waals surface area contributed by atoms with E-state index in [2.05, 4.69) is 4.98 Å². The fourth-order valence-corrected chi connectivity index (χ4v) is 2.35. The maximum Gasteiger partial charge on any atom is 0.224 e. The minimum atomic E-state index is 0.369. The minimum absolute atomic E-state index is 0.369. The SMILES string of the molecule is Cc1cc(C)c(CCl)c(Oc2cc(Cl)ccc2C)n1. The number of ether oxygens (including phenoxy) is 1. The van der Waals surface area contributed by atoms with Gasteiger partial charge in [0.25, 0.3) is 0 Å². The molecule has 0 aliphatic heterocycles. The monoisotopic (exact) mass is 295 g/mol. The van der Waals surface area contributed by atoms with E-state index in [-0.39, 0.29) is 0 Å². The first-order valence-corrected chi connectivity index (χ1v) is 6.89. The highest BCUT2D eigenvalue weighted by atomic mass is 35.5. The summed E-state index contributed by atoms with van der Waals surface area (Å²) in [6.45, 7) is 5.90. The van der Waals surface area contributed by atoms with Crippen LogP contribution in [-0.2, 0) is 5.88 Å². The fraction of sp³-hybridized carbons (Fsp3) is 0.267. The number of rotatable bonds is 3. The van der Waals surface area contributed by atoms with Gasteiger partial charge in [-0.1, -0.05) is 17.7 Å². The number of pyridine rings is 1. The van der Waals surface area contributed by atoms with Crippen molar-refractivity contribution >= 4 is 23.2 Å². The molecule has 0 radical (unpaired) electrons. The summed E-state index contributed by atoms with van der Waals surface area (Å²) in [6, 6.07) is 7.53. The quantitative estimate of drug-likeness (QED) is 0.727. The predicted molar refractivity (Wildman–Crippen MR) is 79.5 cm³/mol. The third kappa shape index (κ3) is 3.20. The lowest BCUT2D eigenvalue weighted by Gasteiger charge is -2.13. The second-order valence-electron chi connectivity index (χ2n) is 4.51. The average molecular weight is 296 g/mol. The molecule has 0 saturated carbocycles. The zero-order chi connectivity index (χ0) is 14.0. The Morgan fingerprint density at radius 2 is 1.84 bits per heavy atom. The molecule has 0 aliphatic carbocycles. The number of benzene rings is 1. The molecule has 4 heteroatoms. The van der Waals surface area contributed by atoms with Crippen LogP contribution in [0.5, 0.6) is 11.6 Å². The number of aryl methyl sites for hydroxylation is 3. The Morgan fingerprint density at radius 3 is 2.53 bits per heavy atom. The maximum absolute atomic E-state index is 5.99. The van der Waals surface area contributed by atoms with E-state index in [1.807, 2.05) is 39.0 Å². The molecule has 1 aromatic heterocycles. The van der Waals surface area contributed by atoms with Crippen LogP contribution in [-0.4, -0.2) is 4.98 Å². The molecule has 2 aromatic rings. The molecule has 1 heterocycles. The van der Waals surface area contributed by atoms with Crippen molar-refractivity contribution in [1.29, 1.82) is 0 Å². The third-order valence-corrected chi connectivity index (χ3v) is 3.43. The second-order valence-corrected chi connectivity index (χ2v) is 5.21. The fourth-order valence-electron chi connectivity index (χ4n) is 1.86. The first kappa shape index (κ1) is 14.2. The van der Waals surface area contributed by atoms with Crippen LogP contribution in [0.4, 0.5) is 0 Å². The van der Waals surface area contributed by atoms with Crippen LogP contribution in [0.1, 0.15) is 22.4 Å². The highest BCUT2D eigenvalue weighted by Crippen LogP contribution is 2.31. The zero-order valence-electron chi connectivity index (χ0n) is 11.1. The Morgan fingerprint density at radius 1 is 1.11 bits per heavy atom. The first-order valence-electron chi connectivity index (χ1n) is 5.98. The normalized spacial score (nSPS) is 10.6. The van der Waals surface area contributed by atoms with Crippen molar-refractivity contribution in [3.05, 3.63) is 51.7 Å². The zero-order valence-corrected chi connectivity index (χ0v) is 12.6. The van der Waals surface area contributed by atoms with E-state index in [1.165, 1.54) is 0 Å². The van der Waals surface area contributed by atoms with Crippen LogP contribution >= 0.6 is 23.2 Å². The highest BCUT2D eigenvalue weighted by molar-refractivity contribution is 6.30. The smallest absolute Gasteiger partial charge is 0.224 e. The van der Waals surface area contributed by atoms with Gasteiger partial charge in [-0.2, -0.15) is 0 Å². The van der Waals surface area contributed by atoms with Gasteiger partial charge in [0.05, 0.1) is 5.88 Å². The van der Waals surface area contributed by atoms with Gasteiger partial charge in [-0.25, -0.2) is 4.98 Å². The molecule has 1 aromatic carbocycles. The number of aromatic nitrogens is 1. The molecule has 0 amide bonds. The number of halogens is 2. The molecule has 2 nitrogen and oxygen atoms in total. The van der Waals surface area contributed by atoms with Gasteiger partial charge in [0.1, 0.15) is 5.75 Å². The summed E-state index contributed by atoms with van der Waals surface area (Å²) in [5.41, 5.74) is 3.90. The standard InChI is InChI=1S/C15H15Cl2NO/c1-9-4-5-12(17)7-14(9)19-15-13(8-16)10(2)6-11(3)18-15/h4-7H,8H2,1-3H3. The van der Waals surface area contributed by atoms with E-state index in [1.54, 1.807) is 6.07 Å². The largest absolute Gasteiger partial charge is 0.438 e. The molecule has 0 atom stereocenters. The topological polar surface area (TPSA) is 22.1 Å². The van der Waals surface area contributed by atoms with Crippen LogP contribution in [0, 0.1) is 20.8 Å². The van der Waals surface area contributed by atoms with E-state index in [0.29, 0.717) is 22.5 Å². The summed E-state index contributed by atoms with van der Waals surface area (Å²) < 4.78 is 5.89. The molecular formula is C15H15Cl2NO. The van der Waals surface area contributed by atoms with Crippen molar-refractivity contribution in [2.75, 3.05) is 0 Å². The number of alkyl halides is 1. The summed E-state index contributed by atoms with van der Waals surface area (Å²) in [6.07, 6.45) is 0. The predicted octanol–water partition coefficient (Wildman–Crippen LogP) is 5.19. The summed E-state index contributed by atoms with van der Waals surface area (Å²) >= 11 is 12.0. The van der Waals surface area contributed by atoms with Crippen LogP contribution in [0.25, 0.3) is 0 Å². The van der Waals surface area contributed by atoms with Gasteiger partial charge in [-0.3, -0.25) is 0 Å². The van der Waals surface area contributed by atoms with Gasteiger partial charge in [-0.15, -0.1) is 11.6 Å². The van der Waals surface area contributed by atoms with Crippen LogP contribution < -0.4 is 4.74 Å². The Bertz CT molecular complexity index is 611. The molecule has 0 N–H and O–H groups in total. The van der Waals surface area contributed by atoms with Crippen molar-refractivity contribution in [2.24, 2.45) is 0 Å². The number of hydrogen-bond acceptors (Lipinski definition) is 2. The van der Waals surface area contributed by atoms with E-state index < -0.39 is 0 Å². The lowest BCUT2D eigenvalue weighted by molar-refractivity contribution is 0.453. The van der Waals surface area contributed by atoms with E-state index >= 15 is 0 Å². The third-order valence-electron chi connectivity index (χ3n) is 2.93. The van der Waals surface area contributed by atoms with Crippen molar-refractivity contribution in [1.82, 2.24) is 4.98 Å². The van der Waals surface area contributed by atoms with Gasteiger partial charge in [0.15, 0.2) is 0 Å². The van der Waals surface area contributed by atoms with E-state index in [9.17, 15) is 0 Å². The van der Waals surface area contributed by atoms with Gasteiger partial charge >= 0.3 is 0 Å². The van der Waals surface area contributed by atoms with Gasteiger partial charge in [0, 0.05) is 16.3 Å². The Balaban J connectivity index is 2.45. The molecule has 0 fully saturated rings. The lowest BCUT2D eigenvalue weighted by atomic mass is 10.1. The number of hydrogen-bond donors (Lipinski definition) is 0. The molecule has 0 aliphatic rings. The molecule has 100 valence electrons. The van der Waals surface area contributed by atoms with Crippen molar-refractivity contribution in [2.45, 2.75) is 26.7 Å². The summed E-state index contributed by atoms with van der Waals surface area (Å²) in [4.78, 5) is 4.42. The van der Waals surface area contributed by atoms with Crippen LogP contribution in [0.2, 0.25) is 5.02 Å². The lowest BCUT2D eigenvalue weighted by Crippen LogP contribution is -1.99.